The summed E-state index contributed by atoms with van der Waals surface area (Å²) in [6.45, 7) is 4.19. The molecule has 2 aromatic rings. The van der Waals surface area contributed by atoms with Gasteiger partial charge in [0.25, 0.3) is 5.91 Å². The van der Waals surface area contributed by atoms with Gasteiger partial charge in [0.2, 0.25) is 0 Å². The molecule has 20 heavy (non-hydrogen) atoms. The molecule has 2 N–H and O–H groups in total. The van der Waals surface area contributed by atoms with Crippen LogP contribution in [0.5, 0.6) is 0 Å². The Kier molecular flexibility index (Phi) is 4.24. The Balaban J connectivity index is 2.21. The van der Waals surface area contributed by atoms with Crippen LogP contribution in [-0.4, -0.2) is 22.4 Å². The molecule has 0 bridgehead atoms. The van der Waals surface area contributed by atoms with Gasteiger partial charge >= 0.3 is 0 Å². The fraction of sp³-hybridized carbons (Fsp3) is 0.214. The molecule has 0 aromatic carbocycles. The highest BCUT2D eigenvalue weighted by molar-refractivity contribution is 6.04. The molecule has 0 aliphatic carbocycles. The van der Waals surface area contributed by atoms with Crippen LogP contribution in [-0.2, 0) is 0 Å². The van der Waals surface area contributed by atoms with Gasteiger partial charge in [-0.2, -0.15) is 0 Å². The molecular formula is C14H15FN4O. The molecule has 2 aromatic heterocycles. The van der Waals surface area contributed by atoms with E-state index in [9.17, 15) is 9.18 Å². The van der Waals surface area contributed by atoms with E-state index in [2.05, 4.69) is 20.6 Å². The van der Waals surface area contributed by atoms with Crippen LogP contribution in [0.15, 0.2) is 30.6 Å². The minimum absolute atomic E-state index is 0.0588. The van der Waals surface area contributed by atoms with Gasteiger partial charge in [0, 0.05) is 18.4 Å². The molecule has 6 heteroatoms. The van der Waals surface area contributed by atoms with Gasteiger partial charge in [0.15, 0.2) is 11.6 Å². The van der Waals surface area contributed by atoms with Crippen molar-refractivity contribution >= 4 is 17.4 Å². The molecule has 0 saturated carbocycles. The third-order valence-electron chi connectivity index (χ3n) is 2.65. The number of carbonyl (C=O) groups excluding carboxylic acids is 1. The highest BCUT2D eigenvalue weighted by Crippen LogP contribution is 2.16. The number of rotatable bonds is 4. The highest BCUT2D eigenvalue weighted by atomic mass is 19.1. The summed E-state index contributed by atoms with van der Waals surface area (Å²) in [5, 5.41) is 5.36. The van der Waals surface area contributed by atoms with Gasteiger partial charge < -0.3 is 10.6 Å². The van der Waals surface area contributed by atoms with Gasteiger partial charge in [-0.05, 0) is 32.0 Å². The number of aryl methyl sites for hydroxylation is 1. The predicted octanol–water partition coefficient (Wildman–Crippen LogP) is 2.61. The number of anilines is 2. The van der Waals surface area contributed by atoms with Crippen molar-refractivity contribution in [1.82, 2.24) is 9.97 Å². The van der Waals surface area contributed by atoms with E-state index in [4.69, 9.17) is 0 Å². The predicted molar refractivity (Wildman–Crippen MR) is 75.3 cm³/mol. The minimum atomic E-state index is -0.660. The summed E-state index contributed by atoms with van der Waals surface area (Å²) in [4.78, 5) is 20.0. The normalized spacial score (nSPS) is 10.2. The van der Waals surface area contributed by atoms with Gasteiger partial charge in [0.05, 0.1) is 17.4 Å². The zero-order valence-electron chi connectivity index (χ0n) is 11.3. The van der Waals surface area contributed by atoms with Crippen molar-refractivity contribution in [2.75, 3.05) is 17.2 Å². The van der Waals surface area contributed by atoms with Crippen molar-refractivity contribution in [2.45, 2.75) is 13.8 Å². The molecule has 0 spiro atoms. The number of aromatic nitrogens is 2. The van der Waals surface area contributed by atoms with E-state index < -0.39 is 11.7 Å². The standard InChI is InChI=1S/C14H15FN4O/c1-3-16-13-12(15)11(6-7-17-13)14(20)19-10-5-4-9(2)18-8-10/h4-8H,3H2,1-2H3,(H,16,17)(H,19,20). The Morgan fingerprint density at radius 1 is 1.30 bits per heavy atom. The maximum Gasteiger partial charge on any atom is 0.258 e. The number of hydrogen-bond donors (Lipinski definition) is 2. The third-order valence-corrected chi connectivity index (χ3v) is 2.65. The van der Waals surface area contributed by atoms with Crippen LogP contribution in [0.3, 0.4) is 0 Å². The molecular weight excluding hydrogens is 259 g/mol. The molecule has 0 aliphatic rings. The van der Waals surface area contributed by atoms with Crippen molar-refractivity contribution in [3.8, 4) is 0 Å². The van der Waals surface area contributed by atoms with Crippen molar-refractivity contribution in [3.05, 3.63) is 47.7 Å². The summed E-state index contributed by atoms with van der Waals surface area (Å²) in [6, 6.07) is 4.82. The largest absolute Gasteiger partial charge is 0.368 e. The van der Waals surface area contributed by atoms with E-state index in [0.29, 0.717) is 12.2 Å². The Labute approximate surface area is 116 Å². The molecule has 0 aliphatic heterocycles. The lowest BCUT2D eigenvalue weighted by Crippen LogP contribution is -2.16. The molecule has 0 radical (unpaired) electrons. The van der Waals surface area contributed by atoms with Crippen LogP contribution in [0.4, 0.5) is 15.9 Å². The van der Waals surface area contributed by atoms with E-state index in [1.807, 2.05) is 13.8 Å². The SMILES string of the molecule is CCNc1nccc(C(=O)Nc2ccc(C)nc2)c1F. The number of hydrogen-bond acceptors (Lipinski definition) is 4. The molecule has 2 rings (SSSR count). The first-order chi connectivity index (χ1) is 9.61. The third kappa shape index (κ3) is 3.09. The minimum Gasteiger partial charge on any atom is -0.368 e. The molecule has 104 valence electrons. The van der Waals surface area contributed by atoms with E-state index in [-0.39, 0.29) is 11.4 Å². The number of pyridine rings is 2. The first-order valence-electron chi connectivity index (χ1n) is 6.24. The first kappa shape index (κ1) is 13.9. The molecule has 1 amide bonds. The number of nitrogens with one attached hydrogen (secondary N) is 2. The van der Waals surface area contributed by atoms with E-state index in [1.54, 1.807) is 12.1 Å². The molecule has 0 unspecified atom stereocenters. The van der Waals surface area contributed by atoms with Gasteiger partial charge in [-0.1, -0.05) is 0 Å². The van der Waals surface area contributed by atoms with E-state index >= 15 is 0 Å². The van der Waals surface area contributed by atoms with Crippen molar-refractivity contribution in [1.29, 1.82) is 0 Å². The maximum absolute atomic E-state index is 14.1. The molecule has 2 heterocycles. The Bertz CT molecular complexity index is 613. The smallest absolute Gasteiger partial charge is 0.258 e. The second kappa shape index (κ2) is 6.10. The topological polar surface area (TPSA) is 66.9 Å². The first-order valence-corrected chi connectivity index (χ1v) is 6.24. The molecule has 5 nitrogen and oxygen atoms in total. The second-order valence-corrected chi connectivity index (χ2v) is 4.19. The van der Waals surface area contributed by atoms with Gasteiger partial charge in [-0.15, -0.1) is 0 Å². The van der Waals surface area contributed by atoms with Crippen LogP contribution in [0, 0.1) is 12.7 Å². The summed E-state index contributed by atoms with van der Waals surface area (Å²) in [7, 11) is 0. The van der Waals surface area contributed by atoms with Crippen LogP contribution >= 0.6 is 0 Å². The zero-order chi connectivity index (χ0) is 14.5. The Morgan fingerprint density at radius 2 is 2.10 bits per heavy atom. The van der Waals surface area contributed by atoms with Gasteiger partial charge in [-0.3, -0.25) is 9.78 Å². The fourth-order valence-corrected chi connectivity index (χ4v) is 1.65. The lowest BCUT2D eigenvalue weighted by Gasteiger charge is -2.09. The molecule has 0 saturated heterocycles. The summed E-state index contributed by atoms with van der Waals surface area (Å²) < 4.78 is 14.1. The van der Waals surface area contributed by atoms with Crippen LogP contribution < -0.4 is 10.6 Å². The number of carbonyl (C=O) groups is 1. The highest BCUT2D eigenvalue weighted by Gasteiger charge is 2.15. The average Bonchev–Trinajstić information content (AvgIpc) is 2.44. The second-order valence-electron chi connectivity index (χ2n) is 4.19. The molecule has 0 atom stereocenters. The fourth-order valence-electron chi connectivity index (χ4n) is 1.65. The lowest BCUT2D eigenvalue weighted by atomic mass is 10.2. The van der Waals surface area contributed by atoms with Crippen molar-refractivity contribution in [2.24, 2.45) is 0 Å². The van der Waals surface area contributed by atoms with Crippen molar-refractivity contribution in [3.63, 3.8) is 0 Å². The van der Waals surface area contributed by atoms with Crippen molar-refractivity contribution < 1.29 is 9.18 Å². The van der Waals surface area contributed by atoms with Gasteiger partial charge in [0.1, 0.15) is 0 Å². The summed E-state index contributed by atoms with van der Waals surface area (Å²) in [6.07, 6.45) is 2.92. The Hall–Kier alpha value is -2.50. The molecule has 0 fully saturated rings. The Morgan fingerprint density at radius 3 is 2.75 bits per heavy atom. The quantitative estimate of drug-likeness (QED) is 0.899. The summed E-state index contributed by atoms with van der Waals surface area (Å²) in [5.74, 6) is -1.12. The summed E-state index contributed by atoms with van der Waals surface area (Å²) in [5.41, 5.74) is 1.30. The maximum atomic E-state index is 14.1. The monoisotopic (exact) mass is 274 g/mol. The van der Waals surface area contributed by atoms with Crippen LogP contribution in [0.2, 0.25) is 0 Å². The van der Waals surface area contributed by atoms with Crippen LogP contribution in [0.25, 0.3) is 0 Å². The number of halogens is 1. The lowest BCUT2D eigenvalue weighted by molar-refractivity contribution is 0.102. The number of nitrogens with zero attached hydrogens (tertiary/aromatic N) is 2. The number of amides is 1. The van der Waals surface area contributed by atoms with Gasteiger partial charge in [-0.25, -0.2) is 9.37 Å². The van der Waals surface area contributed by atoms with E-state index in [1.165, 1.54) is 18.5 Å². The summed E-state index contributed by atoms with van der Waals surface area (Å²) >= 11 is 0. The van der Waals surface area contributed by atoms with Crippen LogP contribution in [0.1, 0.15) is 23.0 Å². The zero-order valence-corrected chi connectivity index (χ0v) is 11.3. The average molecular weight is 274 g/mol. The van der Waals surface area contributed by atoms with E-state index in [0.717, 1.165) is 5.69 Å².